The van der Waals surface area contributed by atoms with Crippen LogP contribution >= 0.6 is 0 Å². The topological polar surface area (TPSA) is 24.9 Å². The third-order valence-corrected chi connectivity index (χ3v) is 3.83. The molecule has 0 spiro atoms. The molecule has 1 aliphatic carbocycles. The molecular weight excluding hydrogens is 232 g/mol. The maximum Gasteiger partial charge on any atom is 0.0551 e. The molecule has 1 aromatic heterocycles. The van der Waals surface area contributed by atoms with Gasteiger partial charge in [0.2, 0.25) is 0 Å². The van der Waals surface area contributed by atoms with Crippen LogP contribution in [0.4, 0.5) is 0 Å². The molecule has 0 saturated heterocycles. The second-order valence-electron chi connectivity index (χ2n) is 5.52. The first-order valence-electron chi connectivity index (χ1n) is 7.65. The molecule has 0 bridgehead atoms. The standard InChI is InChI=1S/C17H26N2/c1-3-19-17(16-11-14(2)12-18-13-16)15-9-7-5-4-6-8-10-15/h9,11-13,17,19H,3-8,10H2,1-2H3/b15-9+. The van der Waals surface area contributed by atoms with E-state index >= 15 is 0 Å². The van der Waals surface area contributed by atoms with Crippen molar-refractivity contribution >= 4 is 0 Å². The number of nitrogens with zero attached hydrogens (tertiary/aromatic N) is 1. The SMILES string of the molecule is CCNC(/C1=C/CCCCCC1)c1cncc(C)c1. The van der Waals surface area contributed by atoms with Crippen LogP contribution in [-0.4, -0.2) is 11.5 Å². The van der Waals surface area contributed by atoms with Gasteiger partial charge in [0.1, 0.15) is 0 Å². The summed E-state index contributed by atoms with van der Waals surface area (Å²) in [6.45, 7) is 5.29. The third kappa shape index (κ3) is 4.17. The van der Waals surface area contributed by atoms with Crippen molar-refractivity contribution in [1.29, 1.82) is 0 Å². The van der Waals surface area contributed by atoms with Crippen molar-refractivity contribution in [2.45, 2.75) is 58.4 Å². The molecule has 19 heavy (non-hydrogen) atoms. The first-order chi connectivity index (χ1) is 9.31. The van der Waals surface area contributed by atoms with E-state index in [0.29, 0.717) is 6.04 Å². The molecule has 0 aliphatic heterocycles. The van der Waals surface area contributed by atoms with Gasteiger partial charge < -0.3 is 5.32 Å². The van der Waals surface area contributed by atoms with E-state index in [1.807, 2.05) is 12.4 Å². The minimum Gasteiger partial charge on any atom is -0.307 e. The number of aromatic nitrogens is 1. The van der Waals surface area contributed by atoms with Crippen LogP contribution in [0.25, 0.3) is 0 Å². The molecule has 104 valence electrons. The quantitative estimate of drug-likeness (QED) is 0.813. The molecule has 2 heteroatoms. The summed E-state index contributed by atoms with van der Waals surface area (Å²) in [6.07, 6.45) is 14.3. The van der Waals surface area contributed by atoms with Gasteiger partial charge in [-0.3, -0.25) is 4.98 Å². The lowest BCUT2D eigenvalue weighted by Gasteiger charge is -2.23. The summed E-state index contributed by atoms with van der Waals surface area (Å²) in [5, 5.41) is 3.64. The summed E-state index contributed by atoms with van der Waals surface area (Å²) < 4.78 is 0. The molecule has 2 rings (SSSR count). The Morgan fingerprint density at radius 3 is 2.84 bits per heavy atom. The van der Waals surface area contributed by atoms with E-state index in [2.05, 4.69) is 36.3 Å². The van der Waals surface area contributed by atoms with Crippen LogP contribution in [0.5, 0.6) is 0 Å². The molecule has 1 aliphatic rings. The molecule has 0 radical (unpaired) electrons. The highest BCUT2D eigenvalue weighted by Crippen LogP contribution is 2.28. The Hall–Kier alpha value is -1.15. The summed E-state index contributed by atoms with van der Waals surface area (Å²) in [4.78, 5) is 4.36. The number of allylic oxidation sites excluding steroid dienone is 1. The Balaban J connectivity index is 2.22. The van der Waals surface area contributed by atoms with E-state index < -0.39 is 0 Å². The molecule has 0 saturated carbocycles. The maximum atomic E-state index is 4.36. The first kappa shape index (κ1) is 14.3. The highest BCUT2D eigenvalue weighted by atomic mass is 14.9. The fraction of sp³-hybridized carbons (Fsp3) is 0.588. The van der Waals surface area contributed by atoms with E-state index in [-0.39, 0.29) is 0 Å². The Kier molecular flexibility index (Phi) is 5.59. The predicted octanol–water partition coefficient (Wildman–Crippen LogP) is 4.32. The van der Waals surface area contributed by atoms with E-state index in [1.165, 1.54) is 49.7 Å². The van der Waals surface area contributed by atoms with E-state index in [0.717, 1.165) is 6.54 Å². The number of hydrogen-bond donors (Lipinski definition) is 1. The second-order valence-corrected chi connectivity index (χ2v) is 5.52. The van der Waals surface area contributed by atoms with Crippen LogP contribution in [0.1, 0.15) is 62.6 Å². The summed E-state index contributed by atoms with van der Waals surface area (Å²) >= 11 is 0. The average Bonchev–Trinajstić information content (AvgIpc) is 2.36. The van der Waals surface area contributed by atoms with Gasteiger partial charge >= 0.3 is 0 Å². The fourth-order valence-electron chi connectivity index (χ4n) is 2.88. The van der Waals surface area contributed by atoms with Crippen LogP contribution in [0.2, 0.25) is 0 Å². The van der Waals surface area contributed by atoms with E-state index in [4.69, 9.17) is 0 Å². The lowest BCUT2D eigenvalue weighted by Crippen LogP contribution is -2.23. The van der Waals surface area contributed by atoms with Crippen molar-refractivity contribution in [2.24, 2.45) is 0 Å². The number of rotatable bonds is 4. The van der Waals surface area contributed by atoms with Crippen molar-refractivity contribution in [3.63, 3.8) is 0 Å². The zero-order chi connectivity index (χ0) is 13.5. The zero-order valence-electron chi connectivity index (χ0n) is 12.3. The van der Waals surface area contributed by atoms with Crippen LogP contribution in [0.3, 0.4) is 0 Å². The van der Waals surface area contributed by atoms with Crippen LogP contribution in [0.15, 0.2) is 30.1 Å². The number of pyridine rings is 1. The first-order valence-corrected chi connectivity index (χ1v) is 7.65. The minimum atomic E-state index is 0.357. The van der Waals surface area contributed by atoms with E-state index in [1.54, 1.807) is 5.57 Å². The highest BCUT2D eigenvalue weighted by Gasteiger charge is 2.16. The second kappa shape index (κ2) is 7.44. The van der Waals surface area contributed by atoms with Crippen molar-refractivity contribution in [1.82, 2.24) is 10.3 Å². The molecule has 1 aromatic rings. The van der Waals surface area contributed by atoms with Crippen molar-refractivity contribution in [3.05, 3.63) is 41.2 Å². The number of hydrogen-bond acceptors (Lipinski definition) is 2. The van der Waals surface area contributed by atoms with Crippen molar-refractivity contribution in [2.75, 3.05) is 6.54 Å². The normalized spacial score (nSPS) is 21.1. The number of likely N-dealkylation sites (N-methyl/N-ethyl adjacent to an activating group) is 1. The Morgan fingerprint density at radius 2 is 2.05 bits per heavy atom. The molecule has 1 unspecified atom stereocenters. The molecule has 1 N–H and O–H groups in total. The predicted molar refractivity (Wildman–Crippen MR) is 81.2 cm³/mol. The van der Waals surface area contributed by atoms with Crippen LogP contribution < -0.4 is 5.32 Å². The summed E-state index contributed by atoms with van der Waals surface area (Å²) in [7, 11) is 0. The van der Waals surface area contributed by atoms with Crippen molar-refractivity contribution in [3.8, 4) is 0 Å². The molecule has 1 heterocycles. The molecular formula is C17H26N2. The van der Waals surface area contributed by atoms with Gasteiger partial charge in [-0.2, -0.15) is 0 Å². The number of aryl methyl sites for hydroxylation is 1. The largest absolute Gasteiger partial charge is 0.307 e. The van der Waals surface area contributed by atoms with Gasteiger partial charge in [0.25, 0.3) is 0 Å². The fourth-order valence-corrected chi connectivity index (χ4v) is 2.88. The van der Waals surface area contributed by atoms with Gasteiger partial charge in [-0.25, -0.2) is 0 Å². The highest BCUT2D eigenvalue weighted by molar-refractivity contribution is 5.28. The van der Waals surface area contributed by atoms with Gasteiger partial charge in [0, 0.05) is 12.4 Å². The number of nitrogens with one attached hydrogen (secondary N) is 1. The maximum absolute atomic E-state index is 4.36. The Bertz CT molecular complexity index is 423. The third-order valence-electron chi connectivity index (χ3n) is 3.83. The summed E-state index contributed by atoms with van der Waals surface area (Å²) in [6, 6.07) is 2.62. The van der Waals surface area contributed by atoms with Crippen molar-refractivity contribution < 1.29 is 0 Å². The summed E-state index contributed by atoms with van der Waals surface area (Å²) in [5.74, 6) is 0. The smallest absolute Gasteiger partial charge is 0.0551 e. The van der Waals surface area contributed by atoms with Crippen LogP contribution in [-0.2, 0) is 0 Å². The lowest BCUT2D eigenvalue weighted by atomic mass is 9.91. The van der Waals surface area contributed by atoms with Gasteiger partial charge in [-0.1, -0.05) is 37.5 Å². The molecule has 1 atom stereocenters. The molecule has 2 nitrogen and oxygen atoms in total. The van der Waals surface area contributed by atoms with Gasteiger partial charge in [-0.05, 0) is 50.3 Å². The molecule has 0 fully saturated rings. The van der Waals surface area contributed by atoms with Crippen LogP contribution in [0, 0.1) is 6.92 Å². The summed E-state index contributed by atoms with van der Waals surface area (Å²) in [5.41, 5.74) is 4.12. The Morgan fingerprint density at radius 1 is 1.21 bits per heavy atom. The minimum absolute atomic E-state index is 0.357. The van der Waals surface area contributed by atoms with Gasteiger partial charge in [0.15, 0.2) is 0 Å². The Labute approximate surface area is 117 Å². The van der Waals surface area contributed by atoms with Gasteiger partial charge in [0.05, 0.1) is 6.04 Å². The molecule has 0 aromatic carbocycles. The molecule has 0 amide bonds. The van der Waals surface area contributed by atoms with E-state index in [9.17, 15) is 0 Å². The monoisotopic (exact) mass is 258 g/mol. The average molecular weight is 258 g/mol. The zero-order valence-corrected chi connectivity index (χ0v) is 12.3. The lowest BCUT2D eigenvalue weighted by molar-refractivity contribution is 0.553. The van der Waals surface area contributed by atoms with Gasteiger partial charge in [-0.15, -0.1) is 0 Å².